The molecule has 0 saturated heterocycles. The van der Waals surface area contributed by atoms with Crippen LogP contribution in [0.1, 0.15) is 36.0 Å². The van der Waals surface area contributed by atoms with Crippen molar-refractivity contribution in [1.82, 2.24) is 9.88 Å². The highest BCUT2D eigenvalue weighted by molar-refractivity contribution is 5.94. The van der Waals surface area contributed by atoms with Gasteiger partial charge in [0.2, 0.25) is 0 Å². The molecule has 2 aliphatic rings. The van der Waals surface area contributed by atoms with Gasteiger partial charge in [-0.3, -0.25) is 4.79 Å². The van der Waals surface area contributed by atoms with Crippen LogP contribution in [0.4, 0.5) is 0 Å². The summed E-state index contributed by atoms with van der Waals surface area (Å²) in [4.78, 5) is 18.7. The molecule has 0 N–H and O–H groups in total. The Kier molecular flexibility index (Phi) is 3.68. The zero-order chi connectivity index (χ0) is 16.7. The van der Waals surface area contributed by atoms with Crippen LogP contribution in [0.15, 0.2) is 41.3 Å². The van der Waals surface area contributed by atoms with E-state index in [0.717, 1.165) is 24.8 Å². The van der Waals surface area contributed by atoms with E-state index in [9.17, 15) is 4.79 Å². The lowest BCUT2D eigenvalue weighted by molar-refractivity contribution is -0.182. The van der Waals surface area contributed by atoms with Gasteiger partial charge in [-0.25, -0.2) is 4.98 Å². The third-order valence-corrected chi connectivity index (χ3v) is 5.95. The summed E-state index contributed by atoms with van der Waals surface area (Å²) in [7, 11) is 3.70. The lowest BCUT2D eigenvalue weighted by Crippen LogP contribution is -2.67. The topological polar surface area (TPSA) is 55.6 Å². The van der Waals surface area contributed by atoms with Gasteiger partial charge in [0.25, 0.3) is 5.91 Å². The maximum absolute atomic E-state index is 12.8. The fourth-order valence-corrected chi connectivity index (χ4v) is 4.32. The van der Waals surface area contributed by atoms with Crippen LogP contribution in [0.2, 0.25) is 0 Å². The van der Waals surface area contributed by atoms with Crippen molar-refractivity contribution in [2.45, 2.75) is 37.8 Å². The van der Waals surface area contributed by atoms with E-state index in [1.54, 1.807) is 13.3 Å². The molecule has 2 atom stereocenters. The predicted octanol–water partition coefficient (Wildman–Crippen LogP) is 3.37. The SMILES string of the molecule is CO[C@@H]1C[C@@H](N(C)C(=O)c2ccc(-c3cnco3)cc2)C12CCC2. The van der Waals surface area contributed by atoms with E-state index in [1.165, 1.54) is 12.8 Å². The van der Waals surface area contributed by atoms with Gasteiger partial charge in [0.15, 0.2) is 12.2 Å². The Morgan fingerprint density at radius 2 is 2.08 bits per heavy atom. The summed E-state index contributed by atoms with van der Waals surface area (Å²) < 4.78 is 10.9. The number of amides is 1. The highest BCUT2D eigenvalue weighted by Crippen LogP contribution is 2.58. The normalized spacial score (nSPS) is 24.2. The van der Waals surface area contributed by atoms with Crippen molar-refractivity contribution in [1.29, 1.82) is 0 Å². The van der Waals surface area contributed by atoms with Gasteiger partial charge in [-0.15, -0.1) is 0 Å². The number of hydrogen-bond donors (Lipinski definition) is 0. The molecule has 4 rings (SSSR count). The van der Waals surface area contributed by atoms with Gasteiger partial charge in [0.1, 0.15) is 0 Å². The lowest BCUT2D eigenvalue weighted by atomic mass is 9.50. The maximum atomic E-state index is 12.8. The van der Waals surface area contributed by atoms with E-state index in [0.29, 0.717) is 17.4 Å². The summed E-state index contributed by atoms with van der Waals surface area (Å²) in [5.74, 6) is 0.780. The van der Waals surface area contributed by atoms with E-state index < -0.39 is 0 Å². The van der Waals surface area contributed by atoms with Crippen LogP contribution in [0.3, 0.4) is 0 Å². The predicted molar refractivity (Wildman–Crippen MR) is 89.5 cm³/mol. The second-order valence-corrected chi connectivity index (χ2v) is 6.92. The molecule has 1 heterocycles. The van der Waals surface area contributed by atoms with Crippen LogP contribution in [-0.4, -0.2) is 42.1 Å². The van der Waals surface area contributed by atoms with E-state index in [1.807, 2.05) is 36.2 Å². The second kappa shape index (κ2) is 5.74. The summed E-state index contributed by atoms with van der Waals surface area (Å²) in [5, 5.41) is 0. The fourth-order valence-electron chi connectivity index (χ4n) is 4.32. The summed E-state index contributed by atoms with van der Waals surface area (Å²) in [6.07, 6.45) is 7.89. The molecule has 5 nitrogen and oxygen atoms in total. The van der Waals surface area contributed by atoms with Gasteiger partial charge in [-0.2, -0.15) is 0 Å². The summed E-state index contributed by atoms with van der Waals surface area (Å²) in [5.41, 5.74) is 1.82. The molecule has 1 spiro atoms. The largest absolute Gasteiger partial charge is 0.444 e. The van der Waals surface area contributed by atoms with Crippen molar-refractivity contribution >= 4 is 5.91 Å². The van der Waals surface area contributed by atoms with Crippen molar-refractivity contribution in [3.05, 3.63) is 42.4 Å². The number of hydrogen-bond acceptors (Lipinski definition) is 4. The number of carbonyl (C=O) groups is 1. The minimum absolute atomic E-state index is 0.0740. The minimum atomic E-state index is 0.0740. The van der Waals surface area contributed by atoms with Crippen molar-refractivity contribution < 1.29 is 13.9 Å². The third kappa shape index (κ3) is 2.18. The number of ether oxygens (including phenoxy) is 1. The molecule has 2 saturated carbocycles. The van der Waals surface area contributed by atoms with Crippen LogP contribution in [-0.2, 0) is 4.74 Å². The molecule has 5 heteroatoms. The monoisotopic (exact) mass is 326 g/mol. The molecule has 2 aromatic rings. The molecule has 24 heavy (non-hydrogen) atoms. The summed E-state index contributed by atoms with van der Waals surface area (Å²) in [6.45, 7) is 0. The van der Waals surface area contributed by atoms with Gasteiger partial charge in [0.05, 0.1) is 12.3 Å². The Bertz CT molecular complexity index is 720. The molecular formula is C19H22N2O3. The average Bonchev–Trinajstić information content (AvgIpc) is 3.06. The van der Waals surface area contributed by atoms with E-state index >= 15 is 0 Å². The average molecular weight is 326 g/mol. The van der Waals surface area contributed by atoms with Gasteiger partial charge < -0.3 is 14.1 Å². The van der Waals surface area contributed by atoms with Crippen LogP contribution in [0, 0.1) is 5.41 Å². The smallest absolute Gasteiger partial charge is 0.253 e. The Hall–Kier alpha value is -2.14. The molecule has 2 fully saturated rings. The van der Waals surface area contributed by atoms with Crippen LogP contribution >= 0.6 is 0 Å². The Morgan fingerprint density at radius 3 is 2.62 bits per heavy atom. The molecule has 0 radical (unpaired) electrons. The zero-order valence-electron chi connectivity index (χ0n) is 14.1. The number of aromatic nitrogens is 1. The first-order valence-electron chi connectivity index (χ1n) is 8.44. The quantitative estimate of drug-likeness (QED) is 0.864. The van der Waals surface area contributed by atoms with E-state index in [-0.39, 0.29) is 17.4 Å². The Morgan fingerprint density at radius 1 is 1.33 bits per heavy atom. The number of nitrogens with zero attached hydrogens (tertiary/aromatic N) is 2. The lowest BCUT2D eigenvalue weighted by Gasteiger charge is -2.62. The number of carbonyl (C=O) groups excluding carboxylic acids is 1. The summed E-state index contributed by atoms with van der Waals surface area (Å²) in [6, 6.07) is 7.81. The Labute approximate surface area is 141 Å². The van der Waals surface area contributed by atoms with Crippen molar-refractivity contribution in [2.24, 2.45) is 5.41 Å². The van der Waals surface area contributed by atoms with Crippen molar-refractivity contribution in [3.8, 4) is 11.3 Å². The standard InChI is InChI=1S/C19H22N2O3/c1-21(16-10-17(23-2)19(16)8-3-9-19)18(22)14-6-4-13(5-7-14)15-11-20-12-24-15/h4-7,11-12,16-17H,3,8-10H2,1-2H3/t16-,17-/m1/s1. The highest BCUT2D eigenvalue weighted by atomic mass is 16.5. The number of methoxy groups -OCH3 is 1. The number of benzene rings is 1. The maximum Gasteiger partial charge on any atom is 0.253 e. The number of rotatable bonds is 4. The fraction of sp³-hybridized carbons (Fsp3) is 0.474. The molecule has 1 amide bonds. The highest BCUT2D eigenvalue weighted by Gasteiger charge is 2.60. The van der Waals surface area contributed by atoms with Gasteiger partial charge >= 0.3 is 0 Å². The minimum Gasteiger partial charge on any atom is -0.444 e. The second-order valence-electron chi connectivity index (χ2n) is 6.92. The van der Waals surface area contributed by atoms with Crippen LogP contribution < -0.4 is 0 Å². The molecule has 126 valence electrons. The molecular weight excluding hydrogens is 304 g/mol. The molecule has 1 aromatic carbocycles. The number of oxazole rings is 1. The van der Waals surface area contributed by atoms with Crippen molar-refractivity contribution in [2.75, 3.05) is 14.2 Å². The molecule has 0 bridgehead atoms. The summed E-state index contributed by atoms with van der Waals surface area (Å²) >= 11 is 0. The van der Waals surface area contributed by atoms with E-state index in [4.69, 9.17) is 9.15 Å². The van der Waals surface area contributed by atoms with Gasteiger partial charge in [-0.1, -0.05) is 18.6 Å². The third-order valence-electron chi connectivity index (χ3n) is 5.95. The zero-order valence-corrected chi connectivity index (χ0v) is 14.1. The first kappa shape index (κ1) is 15.4. The molecule has 0 aliphatic heterocycles. The molecule has 1 aromatic heterocycles. The first-order chi connectivity index (χ1) is 11.7. The Balaban J connectivity index is 1.49. The molecule has 2 aliphatic carbocycles. The van der Waals surface area contributed by atoms with Gasteiger partial charge in [-0.05, 0) is 31.4 Å². The van der Waals surface area contributed by atoms with Crippen LogP contribution in [0.5, 0.6) is 0 Å². The van der Waals surface area contributed by atoms with E-state index in [2.05, 4.69) is 4.98 Å². The van der Waals surface area contributed by atoms with Crippen LogP contribution in [0.25, 0.3) is 11.3 Å². The van der Waals surface area contributed by atoms with Crippen molar-refractivity contribution in [3.63, 3.8) is 0 Å². The van der Waals surface area contributed by atoms with Gasteiger partial charge in [0, 0.05) is 36.7 Å². The first-order valence-corrected chi connectivity index (χ1v) is 8.44. The molecule has 0 unspecified atom stereocenters.